The van der Waals surface area contributed by atoms with Gasteiger partial charge in [0.1, 0.15) is 13.2 Å². The number of hydrogen-bond acceptors (Lipinski definition) is 6. The fourth-order valence-corrected chi connectivity index (χ4v) is 8.22. The third-order valence-electron chi connectivity index (χ3n) is 12.4. The Morgan fingerprint density at radius 1 is 0.328 bits per heavy atom. The summed E-state index contributed by atoms with van der Waals surface area (Å²) in [5.74, 6) is -0.868. The fourth-order valence-electron chi connectivity index (χ4n) is 8.22. The lowest BCUT2D eigenvalue weighted by molar-refractivity contribution is -0.167. The third kappa shape index (κ3) is 50.6. The van der Waals surface area contributed by atoms with Gasteiger partial charge < -0.3 is 14.2 Å². The van der Waals surface area contributed by atoms with E-state index in [4.69, 9.17) is 14.2 Å². The van der Waals surface area contributed by atoms with E-state index in [-0.39, 0.29) is 31.1 Å². The second kappa shape index (κ2) is 53.2. The third-order valence-corrected chi connectivity index (χ3v) is 12.4. The molecule has 6 nitrogen and oxygen atoms in total. The molecule has 0 aliphatic rings. The van der Waals surface area contributed by atoms with E-state index in [0.717, 1.165) is 83.5 Å². The van der Waals surface area contributed by atoms with Crippen molar-refractivity contribution < 1.29 is 28.6 Å². The van der Waals surface area contributed by atoms with Crippen molar-refractivity contribution in [3.63, 3.8) is 0 Å². The first-order valence-corrected chi connectivity index (χ1v) is 28.0. The molecule has 0 aromatic carbocycles. The Balaban J connectivity index is 4.34. The summed E-state index contributed by atoms with van der Waals surface area (Å²) in [6, 6.07) is 0. The Bertz CT molecular complexity index is 1080. The molecule has 374 valence electrons. The highest BCUT2D eigenvalue weighted by molar-refractivity contribution is 5.71. The van der Waals surface area contributed by atoms with E-state index in [1.54, 1.807) is 0 Å². The van der Waals surface area contributed by atoms with Gasteiger partial charge in [-0.05, 0) is 51.4 Å². The van der Waals surface area contributed by atoms with Crippen LogP contribution in [0.4, 0.5) is 0 Å². The van der Waals surface area contributed by atoms with Crippen LogP contribution in [-0.4, -0.2) is 37.2 Å². The van der Waals surface area contributed by atoms with E-state index in [1.165, 1.54) is 173 Å². The zero-order valence-corrected chi connectivity index (χ0v) is 42.8. The van der Waals surface area contributed by atoms with E-state index in [2.05, 4.69) is 57.2 Å². The predicted molar refractivity (Wildman–Crippen MR) is 275 cm³/mol. The topological polar surface area (TPSA) is 78.9 Å². The average Bonchev–Trinajstić information content (AvgIpc) is 3.29. The molecule has 0 fully saturated rings. The SMILES string of the molecule is CC/C=C\C/C=C\C/C=C\CCCCCCCCC(=O)OC(COC(=O)CCCCCCCCCCCCCCC)COC(=O)CCCCCCCCCCCCCCCCCCC. The van der Waals surface area contributed by atoms with Gasteiger partial charge in [0.05, 0.1) is 0 Å². The van der Waals surface area contributed by atoms with Crippen LogP contribution in [0.15, 0.2) is 36.5 Å². The van der Waals surface area contributed by atoms with Gasteiger partial charge in [0.25, 0.3) is 0 Å². The Morgan fingerprint density at radius 2 is 0.609 bits per heavy atom. The van der Waals surface area contributed by atoms with E-state index < -0.39 is 6.10 Å². The molecule has 0 aliphatic heterocycles. The normalized spacial score (nSPS) is 12.2. The van der Waals surface area contributed by atoms with E-state index in [1.807, 2.05) is 0 Å². The van der Waals surface area contributed by atoms with Crippen molar-refractivity contribution >= 4 is 17.9 Å². The van der Waals surface area contributed by atoms with Gasteiger partial charge in [-0.15, -0.1) is 0 Å². The molecule has 1 unspecified atom stereocenters. The minimum absolute atomic E-state index is 0.0728. The summed E-state index contributed by atoms with van der Waals surface area (Å²) >= 11 is 0. The second-order valence-corrected chi connectivity index (χ2v) is 18.8. The van der Waals surface area contributed by atoms with Gasteiger partial charge in [-0.3, -0.25) is 14.4 Å². The van der Waals surface area contributed by atoms with Crippen molar-refractivity contribution in [3.8, 4) is 0 Å². The van der Waals surface area contributed by atoms with Crippen molar-refractivity contribution in [2.75, 3.05) is 13.2 Å². The standard InChI is InChI=1S/C58H106O6/c1-4-7-10-13-16-19-22-25-27-29-31-33-36-39-42-45-48-51-57(60)63-54-55(53-62-56(59)50-47-44-41-38-35-32-24-21-18-15-12-9-6-3)64-58(61)52-49-46-43-40-37-34-30-28-26-23-20-17-14-11-8-5-2/h8,11,17,20,26,28,55H,4-7,9-10,12-16,18-19,21-25,27,29-54H2,1-3H3/b11-8-,20-17-,28-26-. The number of carbonyl (C=O) groups excluding carboxylic acids is 3. The highest BCUT2D eigenvalue weighted by Gasteiger charge is 2.19. The van der Waals surface area contributed by atoms with Crippen molar-refractivity contribution in [1.29, 1.82) is 0 Å². The molecule has 0 heterocycles. The number of ether oxygens (including phenoxy) is 3. The zero-order chi connectivity index (χ0) is 46.5. The number of hydrogen-bond donors (Lipinski definition) is 0. The van der Waals surface area contributed by atoms with Gasteiger partial charge in [-0.1, -0.05) is 263 Å². The van der Waals surface area contributed by atoms with Crippen LogP contribution in [0.5, 0.6) is 0 Å². The van der Waals surface area contributed by atoms with Crippen LogP contribution in [0, 0.1) is 0 Å². The van der Waals surface area contributed by atoms with Crippen LogP contribution < -0.4 is 0 Å². The van der Waals surface area contributed by atoms with E-state index >= 15 is 0 Å². The maximum Gasteiger partial charge on any atom is 0.306 e. The second-order valence-electron chi connectivity index (χ2n) is 18.8. The Hall–Kier alpha value is -2.37. The Labute approximate surface area is 397 Å². The first-order chi connectivity index (χ1) is 31.5. The summed E-state index contributed by atoms with van der Waals surface area (Å²) in [4.78, 5) is 38.1. The summed E-state index contributed by atoms with van der Waals surface area (Å²) < 4.78 is 16.9. The molecule has 1 atom stereocenters. The molecule has 64 heavy (non-hydrogen) atoms. The van der Waals surface area contributed by atoms with Crippen molar-refractivity contribution in [1.82, 2.24) is 0 Å². The smallest absolute Gasteiger partial charge is 0.306 e. The molecule has 0 saturated heterocycles. The van der Waals surface area contributed by atoms with Gasteiger partial charge in [-0.2, -0.15) is 0 Å². The van der Waals surface area contributed by atoms with Crippen molar-refractivity contribution in [2.24, 2.45) is 0 Å². The number of carbonyl (C=O) groups is 3. The number of rotatable bonds is 51. The lowest BCUT2D eigenvalue weighted by Gasteiger charge is -2.18. The van der Waals surface area contributed by atoms with Crippen molar-refractivity contribution in [3.05, 3.63) is 36.5 Å². The summed E-state index contributed by atoms with van der Waals surface area (Å²) in [7, 11) is 0. The van der Waals surface area contributed by atoms with Crippen molar-refractivity contribution in [2.45, 2.75) is 303 Å². The van der Waals surface area contributed by atoms with Crippen LogP contribution in [0.3, 0.4) is 0 Å². The van der Waals surface area contributed by atoms with Crippen LogP contribution >= 0.6 is 0 Å². The minimum atomic E-state index is -0.774. The highest BCUT2D eigenvalue weighted by Crippen LogP contribution is 2.17. The lowest BCUT2D eigenvalue weighted by atomic mass is 10.0. The molecule has 0 spiro atoms. The summed E-state index contributed by atoms with van der Waals surface area (Å²) in [6.07, 6.45) is 62.7. The van der Waals surface area contributed by atoms with E-state index in [0.29, 0.717) is 19.3 Å². The molecule has 0 N–H and O–H groups in total. The molecule has 0 saturated carbocycles. The van der Waals surface area contributed by atoms with Crippen LogP contribution in [0.1, 0.15) is 297 Å². The summed E-state index contributed by atoms with van der Waals surface area (Å²) in [6.45, 7) is 6.56. The molecule has 0 radical (unpaired) electrons. The highest BCUT2D eigenvalue weighted by atomic mass is 16.6. The quantitative estimate of drug-likeness (QED) is 0.0262. The van der Waals surface area contributed by atoms with Gasteiger partial charge >= 0.3 is 17.9 Å². The predicted octanol–water partition coefficient (Wildman–Crippen LogP) is 18.5. The summed E-state index contributed by atoms with van der Waals surface area (Å²) in [5.41, 5.74) is 0. The first kappa shape index (κ1) is 61.6. The number of allylic oxidation sites excluding steroid dienone is 6. The monoisotopic (exact) mass is 899 g/mol. The van der Waals surface area contributed by atoms with Crippen LogP contribution in [-0.2, 0) is 28.6 Å². The van der Waals surface area contributed by atoms with Gasteiger partial charge in [0.2, 0.25) is 0 Å². The number of esters is 3. The van der Waals surface area contributed by atoms with Gasteiger partial charge in [-0.25, -0.2) is 0 Å². The van der Waals surface area contributed by atoms with E-state index in [9.17, 15) is 14.4 Å². The maximum absolute atomic E-state index is 12.8. The molecule has 0 aromatic heterocycles. The van der Waals surface area contributed by atoms with Gasteiger partial charge in [0, 0.05) is 19.3 Å². The lowest BCUT2D eigenvalue weighted by Crippen LogP contribution is -2.30. The van der Waals surface area contributed by atoms with Gasteiger partial charge in [0.15, 0.2) is 6.10 Å². The minimum Gasteiger partial charge on any atom is -0.462 e. The average molecular weight is 899 g/mol. The molecule has 0 aromatic rings. The molecule has 0 bridgehead atoms. The first-order valence-electron chi connectivity index (χ1n) is 28.0. The fraction of sp³-hybridized carbons (Fsp3) is 0.845. The molecular formula is C58H106O6. The molecule has 0 amide bonds. The maximum atomic E-state index is 12.8. The zero-order valence-electron chi connectivity index (χ0n) is 42.8. The number of unbranched alkanes of at least 4 members (excludes halogenated alkanes) is 34. The molecule has 0 aliphatic carbocycles. The summed E-state index contributed by atoms with van der Waals surface area (Å²) in [5, 5.41) is 0. The molecule has 6 heteroatoms. The molecule has 0 rings (SSSR count). The largest absolute Gasteiger partial charge is 0.462 e. The molecular weight excluding hydrogens is 793 g/mol. The Morgan fingerprint density at radius 3 is 0.953 bits per heavy atom. The van der Waals surface area contributed by atoms with Crippen LogP contribution in [0.2, 0.25) is 0 Å². The van der Waals surface area contributed by atoms with Crippen LogP contribution in [0.25, 0.3) is 0 Å². The Kier molecular flexibility index (Phi) is 51.3.